The van der Waals surface area contributed by atoms with E-state index in [0.29, 0.717) is 18.6 Å². The van der Waals surface area contributed by atoms with Crippen LogP contribution < -0.4 is 5.32 Å². The highest BCUT2D eigenvalue weighted by molar-refractivity contribution is 5.16. The van der Waals surface area contributed by atoms with Gasteiger partial charge in [-0.2, -0.15) is 0 Å². The first-order valence-corrected chi connectivity index (χ1v) is 7.12. The summed E-state index contributed by atoms with van der Waals surface area (Å²) in [6.07, 6.45) is 8.90. The van der Waals surface area contributed by atoms with Crippen molar-refractivity contribution < 1.29 is 5.11 Å². The van der Waals surface area contributed by atoms with Gasteiger partial charge >= 0.3 is 0 Å². The number of aryl methyl sites for hydroxylation is 1. The van der Waals surface area contributed by atoms with Crippen LogP contribution in [0.3, 0.4) is 0 Å². The maximum absolute atomic E-state index is 8.71. The summed E-state index contributed by atoms with van der Waals surface area (Å²) in [5, 5.41) is 12.1. The van der Waals surface area contributed by atoms with Crippen molar-refractivity contribution in [1.29, 1.82) is 0 Å². The van der Waals surface area contributed by atoms with Crippen molar-refractivity contribution in [3.63, 3.8) is 0 Å². The van der Waals surface area contributed by atoms with Crippen LogP contribution in [0.15, 0.2) is 18.5 Å². The van der Waals surface area contributed by atoms with Crippen molar-refractivity contribution in [1.82, 2.24) is 9.88 Å². The van der Waals surface area contributed by atoms with Crippen molar-refractivity contribution in [2.24, 2.45) is 5.92 Å². The van der Waals surface area contributed by atoms with E-state index in [4.69, 9.17) is 5.11 Å². The lowest BCUT2D eigenvalue weighted by Crippen LogP contribution is -2.21. The molecular weight excluding hydrogens is 224 g/mol. The molecule has 1 heterocycles. The van der Waals surface area contributed by atoms with Gasteiger partial charge in [0.2, 0.25) is 0 Å². The molecule has 0 fully saturated rings. The predicted molar refractivity (Wildman–Crippen MR) is 76.6 cm³/mol. The summed E-state index contributed by atoms with van der Waals surface area (Å²) >= 11 is 0. The zero-order valence-electron chi connectivity index (χ0n) is 12.0. The number of hydrogen-bond acceptors (Lipinski definition) is 2. The van der Waals surface area contributed by atoms with Gasteiger partial charge in [-0.05, 0) is 37.4 Å². The van der Waals surface area contributed by atoms with Crippen molar-refractivity contribution in [3.8, 4) is 0 Å². The van der Waals surface area contributed by atoms with Crippen molar-refractivity contribution in [2.45, 2.75) is 52.1 Å². The molecule has 0 saturated carbocycles. The lowest BCUT2D eigenvalue weighted by atomic mass is 9.99. The largest absolute Gasteiger partial charge is 0.396 e. The molecule has 1 aromatic heterocycles. The van der Waals surface area contributed by atoms with Crippen LogP contribution in [0.5, 0.6) is 0 Å². The molecular formula is C15H28N2O. The first kappa shape index (κ1) is 15.3. The maximum atomic E-state index is 8.71. The minimum absolute atomic E-state index is 0.325. The zero-order chi connectivity index (χ0) is 13.4. The maximum Gasteiger partial charge on any atom is 0.0431 e. The molecule has 3 nitrogen and oxygen atoms in total. The van der Waals surface area contributed by atoms with Gasteiger partial charge in [-0.1, -0.05) is 26.7 Å². The summed E-state index contributed by atoms with van der Waals surface area (Å²) < 4.78 is 2.28. The second-order valence-electron chi connectivity index (χ2n) is 5.33. The molecule has 3 heteroatoms. The number of nitrogens with zero attached hydrogens (tertiary/aromatic N) is 1. The predicted octanol–water partition coefficient (Wildman–Crippen LogP) is 2.96. The van der Waals surface area contributed by atoms with E-state index in [-0.39, 0.29) is 0 Å². The smallest absolute Gasteiger partial charge is 0.0431 e. The molecule has 1 unspecified atom stereocenters. The van der Waals surface area contributed by atoms with Crippen molar-refractivity contribution in [3.05, 3.63) is 24.0 Å². The van der Waals surface area contributed by atoms with Gasteiger partial charge < -0.3 is 15.0 Å². The SMILES string of the molecule is CNC(c1ccn(CCCCCCO)c1)C(C)C. The van der Waals surface area contributed by atoms with Gasteiger partial charge in [0.25, 0.3) is 0 Å². The van der Waals surface area contributed by atoms with Gasteiger partial charge in [0.05, 0.1) is 0 Å². The third-order valence-electron chi connectivity index (χ3n) is 3.43. The number of aromatic nitrogens is 1. The molecule has 2 N–H and O–H groups in total. The van der Waals surface area contributed by atoms with E-state index in [1.54, 1.807) is 0 Å². The molecule has 0 aliphatic heterocycles. The second-order valence-corrected chi connectivity index (χ2v) is 5.33. The van der Waals surface area contributed by atoms with Gasteiger partial charge in [-0.25, -0.2) is 0 Å². The van der Waals surface area contributed by atoms with Crippen LogP contribution in [-0.4, -0.2) is 23.3 Å². The quantitative estimate of drug-likeness (QED) is 0.663. The van der Waals surface area contributed by atoms with Crippen LogP contribution in [0.1, 0.15) is 51.1 Å². The van der Waals surface area contributed by atoms with Gasteiger partial charge in [0.15, 0.2) is 0 Å². The summed E-state index contributed by atoms with van der Waals surface area (Å²) in [4.78, 5) is 0. The van der Waals surface area contributed by atoms with E-state index in [9.17, 15) is 0 Å². The third kappa shape index (κ3) is 4.83. The number of unbranched alkanes of at least 4 members (excludes halogenated alkanes) is 3. The summed E-state index contributed by atoms with van der Waals surface area (Å²) in [6.45, 7) is 5.90. The van der Waals surface area contributed by atoms with Crippen molar-refractivity contribution >= 4 is 0 Å². The molecule has 0 radical (unpaired) electrons. The molecule has 1 atom stereocenters. The van der Waals surface area contributed by atoms with E-state index in [2.05, 4.69) is 42.2 Å². The van der Waals surface area contributed by atoms with Crippen LogP contribution in [0, 0.1) is 5.92 Å². The van der Waals surface area contributed by atoms with Crippen LogP contribution in [0.4, 0.5) is 0 Å². The molecule has 104 valence electrons. The average molecular weight is 252 g/mol. The Balaban J connectivity index is 2.38. The highest BCUT2D eigenvalue weighted by Crippen LogP contribution is 2.21. The van der Waals surface area contributed by atoms with Gasteiger partial charge in [-0.15, -0.1) is 0 Å². The van der Waals surface area contributed by atoms with E-state index in [1.807, 2.05) is 7.05 Å². The van der Waals surface area contributed by atoms with E-state index in [0.717, 1.165) is 19.4 Å². The van der Waals surface area contributed by atoms with Gasteiger partial charge in [0.1, 0.15) is 0 Å². The number of nitrogens with one attached hydrogen (secondary N) is 1. The van der Waals surface area contributed by atoms with Crippen LogP contribution in [0.25, 0.3) is 0 Å². The minimum atomic E-state index is 0.325. The monoisotopic (exact) mass is 252 g/mol. The first-order valence-electron chi connectivity index (χ1n) is 7.12. The van der Waals surface area contributed by atoms with Gasteiger partial charge in [0, 0.05) is 31.6 Å². The minimum Gasteiger partial charge on any atom is -0.396 e. The van der Waals surface area contributed by atoms with Crippen molar-refractivity contribution in [2.75, 3.05) is 13.7 Å². The normalized spacial score (nSPS) is 13.2. The molecule has 1 rings (SSSR count). The summed E-state index contributed by atoms with van der Waals surface area (Å²) in [7, 11) is 2.02. The highest BCUT2D eigenvalue weighted by Gasteiger charge is 2.14. The molecule has 1 aromatic rings. The fourth-order valence-electron chi connectivity index (χ4n) is 2.43. The van der Waals surface area contributed by atoms with E-state index < -0.39 is 0 Å². The number of hydrogen-bond donors (Lipinski definition) is 2. The molecule has 0 spiro atoms. The average Bonchev–Trinajstić information content (AvgIpc) is 2.78. The Hall–Kier alpha value is -0.800. The van der Waals surface area contributed by atoms with E-state index >= 15 is 0 Å². The zero-order valence-corrected chi connectivity index (χ0v) is 12.0. The lowest BCUT2D eigenvalue weighted by molar-refractivity contribution is 0.282. The van der Waals surface area contributed by atoms with Crippen LogP contribution in [-0.2, 0) is 6.54 Å². The molecule has 0 aromatic carbocycles. The Morgan fingerprint density at radius 2 is 1.94 bits per heavy atom. The Morgan fingerprint density at radius 3 is 2.56 bits per heavy atom. The Bertz CT molecular complexity index is 320. The second kappa shape index (κ2) is 8.33. The topological polar surface area (TPSA) is 37.2 Å². The molecule has 0 aliphatic carbocycles. The number of rotatable bonds is 9. The van der Waals surface area contributed by atoms with Crippen LogP contribution in [0.2, 0.25) is 0 Å². The Morgan fingerprint density at radius 1 is 1.22 bits per heavy atom. The number of aliphatic hydroxyl groups is 1. The fraction of sp³-hybridized carbons (Fsp3) is 0.733. The van der Waals surface area contributed by atoms with Crippen LogP contribution >= 0.6 is 0 Å². The molecule has 0 amide bonds. The summed E-state index contributed by atoms with van der Waals surface area (Å²) in [5.74, 6) is 0.607. The van der Waals surface area contributed by atoms with E-state index in [1.165, 1.54) is 18.4 Å². The third-order valence-corrected chi connectivity index (χ3v) is 3.43. The lowest BCUT2D eigenvalue weighted by Gasteiger charge is -2.18. The molecule has 18 heavy (non-hydrogen) atoms. The highest BCUT2D eigenvalue weighted by atomic mass is 16.2. The Kier molecular flexibility index (Phi) is 7.06. The molecule has 0 saturated heterocycles. The standard InChI is InChI=1S/C15H28N2O/c1-13(2)15(16-3)14-8-10-17(12-14)9-6-4-5-7-11-18/h8,10,12-13,15-16,18H,4-7,9,11H2,1-3H3. The molecule has 0 bridgehead atoms. The number of aliphatic hydroxyl groups excluding tert-OH is 1. The Labute approximate surface area is 111 Å². The summed E-state index contributed by atoms with van der Waals surface area (Å²) in [6, 6.07) is 2.66. The van der Waals surface area contributed by atoms with Gasteiger partial charge in [-0.3, -0.25) is 0 Å². The first-order chi connectivity index (χ1) is 8.69. The summed E-state index contributed by atoms with van der Waals surface area (Å²) in [5.41, 5.74) is 1.38. The fourth-order valence-corrected chi connectivity index (χ4v) is 2.43. The molecule has 0 aliphatic rings.